The van der Waals surface area contributed by atoms with Gasteiger partial charge in [0.2, 0.25) is 0 Å². The number of benzene rings is 12. The predicted molar refractivity (Wildman–Crippen MR) is 292 cm³/mol. The summed E-state index contributed by atoms with van der Waals surface area (Å²) in [4.78, 5) is 0. The Morgan fingerprint density at radius 1 is 0.299 bits per heavy atom. The highest BCUT2D eigenvalue weighted by Crippen LogP contribution is 2.60. The first-order valence-corrected chi connectivity index (χ1v) is 24.2. The molecule has 12 aromatic carbocycles. The summed E-state index contributed by atoms with van der Waals surface area (Å²) in [5, 5.41) is 18.5. The summed E-state index contributed by atoms with van der Waals surface area (Å²) in [6.45, 7) is 21.3. The van der Waals surface area contributed by atoms with Crippen molar-refractivity contribution >= 4 is 75.4 Å². The Hall–Kier alpha value is -7.28. The van der Waals surface area contributed by atoms with Crippen molar-refractivity contribution in [1.82, 2.24) is 0 Å². The molecule has 0 radical (unpaired) electrons. The Bertz CT molecular complexity index is 4020. The molecule has 12 aromatic rings. The largest absolute Gasteiger partial charge is 0.0616 e. The molecule has 13 rings (SSSR count). The van der Waals surface area contributed by atoms with Gasteiger partial charge in [0.15, 0.2) is 0 Å². The van der Waals surface area contributed by atoms with E-state index in [1.165, 1.54) is 159 Å². The number of fused-ring (bicyclic) bond motifs is 6. The molecule has 1 aliphatic carbocycles. The van der Waals surface area contributed by atoms with Crippen molar-refractivity contribution in [3.05, 3.63) is 203 Å². The van der Waals surface area contributed by atoms with Crippen LogP contribution in [-0.4, -0.2) is 0 Å². The fourth-order valence-corrected chi connectivity index (χ4v) is 13.0. The highest BCUT2D eigenvalue weighted by atomic mass is 14.4. The SMILES string of the molecule is Cc1ccc(-c2c(C(C)(C)C)c(-c3ccc(C)c4ccccc34)c3ccc4c5c(c(-c6ccc(C)c7ccccc67)c6ccc2c3c64)C(C)(C)c2cccc3c(C)ccc-5c23)c2ccccc12. The topological polar surface area (TPSA) is 0 Å². The third-order valence-electron chi connectivity index (χ3n) is 16.0. The maximum absolute atomic E-state index is 2.52. The highest BCUT2D eigenvalue weighted by molar-refractivity contribution is 6.35. The van der Waals surface area contributed by atoms with Gasteiger partial charge in [-0.25, -0.2) is 0 Å². The summed E-state index contributed by atoms with van der Waals surface area (Å²) >= 11 is 0. The lowest BCUT2D eigenvalue weighted by molar-refractivity contribution is 0.595. The predicted octanol–water partition coefficient (Wildman–Crippen LogP) is 19.0. The van der Waals surface area contributed by atoms with Crippen molar-refractivity contribution in [2.45, 2.75) is 73.1 Å². The van der Waals surface area contributed by atoms with Crippen molar-refractivity contribution in [3.8, 4) is 44.5 Å². The second-order valence-electron chi connectivity index (χ2n) is 21.3. The molecule has 0 amide bonds. The molecular weight excluding hydrogens is 805 g/mol. The van der Waals surface area contributed by atoms with Crippen LogP contribution in [0.5, 0.6) is 0 Å². The molecule has 0 bridgehead atoms. The van der Waals surface area contributed by atoms with Crippen LogP contribution >= 0.6 is 0 Å². The molecule has 0 aromatic heterocycles. The molecule has 1 aliphatic rings. The molecule has 0 nitrogen and oxygen atoms in total. The molecule has 0 aliphatic heterocycles. The summed E-state index contributed by atoms with van der Waals surface area (Å²) in [6.07, 6.45) is 0. The van der Waals surface area contributed by atoms with Crippen LogP contribution in [0.1, 0.15) is 73.6 Å². The van der Waals surface area contributed by atoms with Crippen molar-refractivity contribution in [2.75, 3.05) is 0 Å². The Labute approximate surface area is 393 Å². The van der Waals surface area contributed by atoms with Gasteiger partial charge in [0, 0.05) is 5.41 Å². The third kappa shape index (κ3) is 5.36. The van der Waals surface area contributed by atoms with E-state index in [0.29, 0.717) is 0 Å². The molecule has 67 heavy (non-hydrogen) atoms. The van der Waals surface area contributed by atoms with E-state index in [1.807, 2.05) is 0 Å². The van der Waals surface area contributed by atoms with Gasteiger partial charge >= 0.3 is 0 Å². The normalized spacial score (nSPS) is 13.6. The average Bonchev–Trinajstić information content (AvgIpc) is 3.33. The number of rotatable bonds is 3. The lowest BCUT2D eigenvalue weighted by Crippen LogP contribution is -2.25. The molecule has 0 unspecified atom stereocenters. The fraction of sp³-hybridized carbons (Fsp3) is 0.164. The second kappa shape index (κ2) is 13.9. The number of hydrogen-bond donors (Lipinski definition) is 0. The van der Waals surface area contributed by atoms with Gasteiger partial charge in [-0.3, -0.25) is 0 Å². The van der Waals surface area contributed by atoms with E-state index in [4.69, 9.17) is 0 Å². The monoisotopic (exact) mass is 858 g/mol. The zero-order valence-corrected chi connectivity index (χ0v) is 40.1. The van der Waals surface area contributed by atoms with Gasteiger partial charge in [0.25, 0.3) is 0 Å². The molecule has 0 N–H and O–H groups in total. The third-order valence-corrected chi connectivity index (χ3v) is 16.0. The number of hydrogen-bond acceptors (Lipinski definition) is 0. The molecule has 322 valence electrons. The highest BCUT2D eigenvalue weighted by Gasteiger charge is 2.40. The van der Waals surface area contributed by atoms with Gasteiger partial charge in [0.05, 0.1) is 0 Å². The summed E-state index contributed by atoms with van der Waals surface area (Å²) in [7, 11) is 0. The van der Waals surface area contributed by atoms with Crippen LogP contribution in [0.2, 0.25) is 0 Å². The van der Waals surface area contributed by atoms with Crippen molar-refractivity contribution in [3.63, 3.8) is 0 Å². The first kappa shape index (κ1) is 40.0. The zero-order valence-electron chi connectivity index (χ0n) is 40.1. The van der Waals surface area contributed by atoms with Crippen LogP contribution in [0.25, 0.3) is 120 Å². The standard InChI is InChI=1S/C67H54/c1-37-25-29-48(45-20-13-10-17-41(37)45)60-52-33-35-54-59-55(36-34-53(58(52)59)61(64(60)66(5,6)7)49-30-26-38(2)42-18-11-14-21-46(42)49)63-51-32-28-40(4)44-23-16-24-56(57(44)51)67(8,9)65(63)62(54)50-31-27-39(3)43-19-12-15-22-47(43)50/h10-36H,1-9H3. The minimum Gasteiger partial charge on any atom is -0.0616 e. The van der Waals surface area contributed by atoms with E-state index in [0.717, 1.165) is 0 Å². The minimum atomic E-state index is -0.307. The molecule has 0 heterocycles. The van der Waals surface area contributed by atoms with Crippen LogP contribution in [0.4, 0.5) is 0 Å². The Morgan fingerprint density at radius 2 is 0.642 bits per heavy atom. The van der Waals surface area contributed by atoms with E-state index in [2.05, 4.69) is 226 Å². The van der Waals surface area contributed by atoms with Crippen LogP contribution < -0.4 is 0 Å². The molecule has 0 spiro atoms. The summed E-state index contributed by atoms with van der Waals surface area (Å²) in [5.74, 6) is 0. The van der Waals surface area contributed by atoms with E-state index >= 15 is 0 Å². The molecule has 0 saturated heterocycles. The van der Waals surface area contributed by atoms with E-state index < -0.39 is 0 Å². The summed E-state index contributed by atoms with van der Waals surface area (Å²) in [5.41, 5.74) is 19.5. The van der Waals surface area contributed by atoms with Gasteiger partial charge in [-0.2, -0.15) is 0 Å². The Balaban J connectivity index is 1.34. The zero-order chi connectivity index (χ0) is 45.8. The summed E-state index contributed by atoms with van der Waals surface area (Å²) in [6, 6.07) is 63.4. The van der Waals surface area contributed by atoms with Crippen molar-refractivity contribution < 1.29 is 0 Å². The quantitative estimate of drug-likeness (QED) is 0.155. The van der Waals surface area contributed by atoms with E-state index in [1.54, 1.807) is 0 Å². The average molecular weight is 859 g/mol. The van der Waals surface area contributed by atoms with Crippen LogP contribution in [0.3, 0.4) is 0 Å². The smallest absolute Gasteiger partial charge is 0.0165 e. The van der Waals surface area contributed by atoms with Gasteiger partial charge in [-0.05, 0) is 192 Å². The van der Waals surface area contributed by atoms with E-state index in [9.17, 15) is 0 Å². The van der Waals surface area contributed by atoms with Gasteiger partial charge < -0.3 is 0 Å². The second-order valence-corrected chi connectivity index (χ2v) is 21.3. The van der Waals surface area contributed by atoms with Gasteiger partial charge in [-0.1, -0.05) is 198 Å². The van der Waals surface area contributed by atoms with E-state index in [-0.39, 0.29) is 10.8 Å². The Morgan fingerprint density at radius 3 is 1.07 bits per heavy atom. The molecule has 0 saturated carbocycles. The minimum absolute atomic E-state index is 0.223. The van der Waals surface area contributed by atoms with Crippen LogP contribution in [0.15, 0.2) is 164 Å². The summed E-state index contributed by atoms with van der Waals surface area (Å²) < 4.78 is 0. The first-order valence-electron chi connectivity index (χ1n) is 24.2. The lowest BCUT2D eigenvalue weighted by Gasteiger charge is -2.39. The molecule has 0 atom stereocenters. The number of aryl methyl sites for hydroxylation is 4. The maximum Gasteiger partial charge on any atom is 0.0165 e. The Kier molecular flexibility index (Phi) is 8.29. The van der Waals surface area contributed by atoms with Crippen molar-refractivity contribution in [1.29, 1.82) is 0 Å². The van der Waals surface area contributed by atoms with Crippen molar-refractivity contribution in [2.24, 2.45) is 0 Å². The lowest BCUT2D eigenvalue weighted by atomic mass is 9.63. The van der Waals surface area contributed by atoms with Gasteiger partial charge in [0.1, 0.15) is 0 Å². The molecular formula is C67H54. The van der Waals surface area contributed by atoms with Gasteiger partial charge in [-0.15, -0.1) is 0 Å². The molecule has 0 heteroatoms. The maximum atomic E-state index is 2.52. The fourth-order valence-electron chi connectivity index (χ4n) is 13.0. The first-order chi connectivity index (χ1) is 32.3. The van der Waals surface area contributed by atoms with Crippen LogP contribution in [0, 0.1) is 27.7 Å². The van der Waals surface area contributed by atoms with Crippen LogP contribution in [-0.2, 0) is 10.8 Å². The molecule has 0 fully saturated rings.